The maximum atomic E-state index is 11.9. The van der Waals surface area contributed by atoms with Crippen LogP contribution < -0.4 is 0 Å². The fourth-order valence-electron chi connectivity index (χ4n) is 2.28. The molecule has 1 rings (SSSR count). The Bertz CT molecular complexity index is 208. The summed E-state index contributed by atoms with van der Waals surface area (Å²) in [4.78, 5) is 13.9. The smallest absolute Gasteiger partial charge is 0.225 e. The molecule has 0 aliphatic carbocycles. The van der Waals surface area contributed by atoms with Crippen molar-refractivity contribution in [3.8, 4) is 0 Å². The number of carbonyl (C=O) groups excluding carboxylic acids is 1. The van der Waals surface area contributed by atoms with Crippen LogP contribution in [0.4, 0.5) is 0 Å². The molecular formula is C12H23NOS. The first kappa shape index (κ1) is 12.9. The molecule has 0 bridgehead atoms. The molecule has 2 unspecified atom stereocenters. The lowest BCUT2D eigenvalue weighted by atomic mass is 9.97. The van der Waals surface area contributed by atoms with E-state index in [1.807, 2.05) is 11.8 Å². The molecule has 2 atom stereocenters. The van der Waals surface area contributed by atoms with Gasteiger partial charge in [-0.2, -0.15) is 12.6 Å². The van der Waals surface area contributed by atoms with E-state index in [4.69, 9.17) is 0 Å². The van der Waals surface area contributed by atoms with Gasteiger partial charge in [-0.1, -0.05) is 20.3 Å². The molecule has 1 aliphatic rings. The summed E-state index contributed by atoms with van der Waals surface area (Å²) < 4.78 is 0. The number of amides is 1. The number of carbonyl (C=O) groups is 1. The summed E-state index contributed by atoms with van der Waals surface area (Å²) in [5.74, 6) is 2.06. The lowest BCUT2D eigenvalue weighted by molar-refractivity contribution is -0.138. The molecule has 1 saturated heterocycles. The third-order valence-electron chi connectivity index (χ3n) is 3.23. The third kappa shape index (κ3) is 3.71. The van der Waals surface area contributed by atoms with Crippen molar-refractivity contribution in [2.24, 2.45) is 11.8 Å². The molecule has 1 amide bonds. The van der Waals surface area contributed by atoms with Crippen molar-refractivity contribution in [3.05, 3.63) is 0 Å². The summed E-state index contributed by atoms with van der Waals surface area (Å²) in [6, 6.07) is 0. The predicted octanol–water partition coefficient (Wildman–Crippen LogP) is 2.59. The topological polar surface area (TPSA) is 20.3 Å². The molecule has 0 aromatic carbocycles. The predicted molar refractivity (Wildman–Crippen MR) is 67.2 cm³/mol. The first-order chi connectivity index (χ1) is 7.19. The minimum Gasteiger partial charge on any atom is -0.342 e. The second-order valence-electron chi connectivity index (χ2n) is 4.66. The van der Waals surface area contributed by atoms with Crippen LogP contribution in [0.2, 0.25) is 0 Å². The maximum absolute atomic E-state index is 11.9. The number of rotatable bonds is 5. The Balaban J connectivity index is 2.44. The van der Waals surface area contributed by atoms with Crippen LogP contribution in [0.25, 0.3) is 0 Å². The summed E-state index contributed by atoms with van der Waals surface area (Å²) in [6.07, 6.45) is 4.59. The highest BCUT2D eigenvalue weighted by Crippen LogP contribution is 2.20. The lowest BCUT2D eigenvalue weighted by Gasteiger charge is -2.33. The van der Waals surface area contributed by atoms with E-state index in [0.717, 1.165) is 25.3 Å². The molecule has 0 aromatic rings. The highest BCUT2D eigenvalue weighted by molar-refractivity contribution is 7.80. The van der Waals surface area contributed by atoms with E-state index >= 15 is 0 Å². The van der Waals surface area contributed by atoms with E-state index in [2.05, 4.69) is 19.6 Å². The Morgan fingerprint density at radius 2 is 2.33 bits per heavy atom. The van der Waals surface area contributed by atoms with Gasteiger partial charge in [0.25, 0.3) is 0 Å². The molecular weight excluding hydrogens is 206 g/mol. The van der Waals surface area contributed by atoms with Crippen LogP contribution in [-0.4, -0.2) is 29.6 Å². The lowest BCUT2D eigenvalue weighted by Crippen LogP contribution is -2.43. The zero-order valence-electron chi connectivity index (χ0n) is 9.91. The van der Waals surface area contributed by atoms with Crippen molar-refractivity contribution in [2.45, 2.75) is 39.5 Å². The Morgan fingerprint density at radius 1 is 1.60 bits per heavy atom. The van der Waals surface area contributed by atoms with Crippen molar-refractivity contribution in [2.75, 3.05) is 18.8 Å². The molecule has 0 radical (unpaired) electrons. The Kier molecular flexibility index (Phi) is 5.51. The van der Waals surface area contributed by atoms with Crippen LogP contribution in [0.1, 0.15) is 39.5 Å². The number of hydrogen-bond acceptors (Lipinski definition) is 2. The molecule has 88 valence electrons. The SMILES string of the molecule is CCCC(CS)CN1CCCC(C)C1=O. The van der Waals surface area contributed by atoms with Gasteiger partial charge in [-0.15, -0.1) is 0 Å². The summed E-state index contributed by atoms with van der Waals surface area (Å²) in [7, 11) is 0. The first-order valence-electron chi connectivity index (χ1n) is 6.08. The zero-order chi connectivity index (χ0) is 11.3. The Labute approximate surface area is 98.8 Å². The maximum Gasteiger partial charge on any atom is 0.225 e. The van der Waals surface area contributed by atoms with Gasteiger partial charge in [-0.25, -0.2) is 0 Å². The highest BCUT2D eigenvalue weighted by atomic mass is 32.1. The zero-order valence-corrected chi connectivity index (χ0v) is 10.8. The molecule has 0 aromatic heterocycles. The van der Waals surface area contributed by atoms with E-state index in [9.17, 15) is 4.79 Å². The van der Waals surface area contributed by atoms with Gasteiger partial charge in [0, 0.05) is 19.0 Å². The highest BCUT2D eigenvalue weighted by Gasteiger charge is 2.26. The second kappa shape index (κ2) is 6.41. The van der Waals surface area contributed by atoms with E-state index in [-0.39, 0.29) is 5.92 Å². The number of nitrogens with zero attached hydrogens (tertiary/aromatic N) is 1. The standard InChI is InChI=1S/C12H23NOS/c1-3-5-11(9-15)8-13-7-4-6-10(2)12(13)14/h10-11,15H,3-9H2,1-2H3. The molecule has 15 heavy (non-hydrogen) atoms. The van der Waals surface area contributed by atoms with E-state index in [0.29, 0.717) is 11.8 Å². The second-order valence-corrected chi connectivity index (χ2v) is 5.03. The third-order valence-corrected chi connectivity index (χ3v) is 3.75. The summed E-state index contributed by atoms with van der Waals surface area (Å²) in [6.45, 7) is 6.11. The molecule has 0 spiro atoms. The molecule has 0 saturated carbocycles. The molecule has 3 heteroatoms. The minimum atomic E-state index is 0.237. The summed E-state index contributed by atoms with van der Waals surface area (Å²) in [5.41, 5.74) is 0. The average Bonchev–Trinajstić information content (AvgIpc) is 2.24. The van der Waals surface area contributed by atoms with E-state index in [1.54, 1.807) is 0 Å². The molecule has 1 fully saturated rings. The number of likely N-dealkylation sites (tertiary alicyclic amines) is 1. The quantitative estimate of drug-likeness (QED) is 0.719. The van der Waals surface area contributed by atoms with E-state index in [1.165, 1.54) is 19.3 Å². The fourth-order valence-corrected chi connectivity index (χ4v) is 2.57. The van der Waals surface area contributed by atoms with Crippen LogP contribution in [0.3, 0.4) is 0 Å². The molecule has 1 heterocycles. The number of piperidine rings is 1. The van der Waals surface area contributed by atoms with Crippen molar-refractivity contribution in [1.82, 2.24) is 4.90 Å². The minimum absolute atomic E-state index is 0.237. The van der Waals surface area contributed by atoms with Gasteiger partial charge >= 0.3 is 0 Å². The Morgan fingerprint density at radius 3 is 2.93 bits per heavy atom. The van der Waals surface area contributed by atoms with Gasteiger partial charge in [0.2, 0.25) is 5.91 Å². The van der Waals surface area contributed by atoms with Crippen LogP contribution in [0.15, 0.2) is 0 Å². The Hall–Kier alpha value is -0.180. The fraction of sp³-hybridized carbons (Fsp3) is 0.917. The van der Waals surface area contributed by atoms with Gasteiger partial charge in [-0.3, -0.25) is 4.79 Å². The summed E-state index contributed by atoms with van der Waals surface area (Å²) in [5, 5.41) is 0. The molecule has 1 aliphatic heterocycles. The van der Waals surface area contributed by atoms with Crippen LogP contribution in [-0.2, 0) is 4.79 Å². The molecule has 2 nitrogen and oxygen atoms in total. The van der Waals surface area contributed by atoms with Crippen molar-refractivity contribution in [3.63, 3.8) is 0 Å². The molecule has 0 N–H and O–H groups in total. The van der Waals surface area contributed by atoms with Crippen molar-refractivity contribution < 1.29 is 4.79 Å². The monoisotopic (exact) mass is 229 g/mol. The van der Waals surface area contributed by atoms with Gasteiger partial charge in [0.15, 0.2) is 0 Å². The summed E-state index contributed by atoms with van der Waals surface area (Å²) >= 11 is 4.36. The van der Waals surface area contributed by atoms with Crippen molar-refractivity contribution in [1.29, 1.82) is 0 Å². The van der Waals surface area contributed by atoms with Gasteiger partial charge in [0.05, 0.1) is 0 Å². The average molecular weight is 229 g/mol. The van der Waals surface area contributed by atoms with Crippen LogP contribution in [0, 0.1) is 11.8 Å². The number of thiol groups is 1. The first-order valence-corrected chi connectivity index (χ1v) is 6.71. The normalized spacial score (nSPS) is 24.3. The van der Waals surface area contributed by atoms with Gasteiger partial charge < -0.3 is 4.90 Å². The van der Waals surface area contributed by atoms with Gasteiger partial charge in [-0.05, 0) is 30.9 Å². The van der Waals surface area contributed by atoms with Crippen molar-refractivity contribution >= 4 is 18.5 Å². The number of hydrogen-bond donors (Lipinski definition) is 1. The van der Waals surface area contributed by atoms with Gasteiger partial charge in [0.1, 0.15) is 0 Å². The van der Waals surface area contributed by atoms with Crippen LogP contribution in [0.5, 0.6) is 0 Å². The largest absolute Gasteiger partial charge is 0.342 e. The van der Waals surface area contributed by atoms with Crippen LogP contribution >= 0.6 is 12.6 Å². The van der Waals surface area contributed by atoms with E-state index < -0.39 is 0 Å².